The average molecular weight is 335 g/mol. The van der Waals surface area contributed by atoms with Gasteiger partial charge in [-0.1, -0.05) is 72.6 Å². The van der Waals surface area contributed by atoms with Crippen molar-refractivity contribution < 1.29 is 14.0 Å². The van der Waals surface area contributed by atoms with Crippen molar-refractivity contribution in [3.8, 4) is 0 Å². The smallest absolute Gasteiger partial charge is 0.323 e. The number of unbranched alkanes of at least 4 members (excludes halogenated alkanes) is 2. The van der Waals surface area contributed by atoms with Crippen LogP contribution in [0.4, 0.5) is 0 Å². The quantitative estimate of drug-likeness (QED) is 0.423. The van der Waals surface area contributed by atoms with Gasteiger partial charge in [0, 0.05) is 0 Å². The molecule has 0 fully saturated rings. The maximum Gasteiger partial charge on any atom is 0.344 e. The highest BCUT2D eigenvalue weighted by atomic mass is 31.2. The van der Waals surface area contributed by atoms with E-state index in [2.05, 4.69) is 27.7 Å². The van der Waals surface area contributed by atoms with Crippen molar-refractivity contribution in [3.05, 3.63) is 0 Å². The fourth-order valence-corrected chi connectivity index (χ4v) is 3.84. The monoisotopic (exact) mass is 335 g/mol. The second-order valence-corrected chi connectivity index (χ2v) is 8.55. The summed E-state index contributed by atoms with van der Waals surface area (Å²) in [7, 11) is -3.70. The standard InChI is InChI=1S/C17H38NO3P/c1-5-9-11-15(7-3)13-17(18)22(19,20)21-14-16(8-4)12-10-6-2/h15-17H,5-14,18H2,1-4H3,(H,19,20). The molecule has 0 heterocycles. The largest absolute Gasteiger partial charge is 0.344 e. The van der Waals surface area contributed by atoms with Gasteiger partial charge in [-0.25, -0.2) is 0 Å². The van der Waals surface area contributed by atoms with E-state index in [1.54, 1.807) is 0 Å². The van der Waals surface area contributed by atoms with Crippen molar-refractivity contribution in [2.75, 3.05) is 6.61 Å². The van der Waals surface area contributed by atoms with Crippen LogP contribution in [-0.2, 0) is 9.09 Å². The molecule has 0 radical (unpaired) electrons. The van der Waals surface area contributed by atoms with E-state index < -0.39 is 13.4 Å². The second kappa shape index (κ2) is 12.5. The number of hydrogen-bond donors (Lipinski definition) is 2. The third-order valence-corrected chi connectivity index (χ3v) is 6.14. The molecule has 4 nitrogen and oxygen atoms in total. The summed E-state index contributed by atoms with van der Waals surface area (Å²) in [6, 6.07) is 0. The molecule has 0 saturated heterocycles. The topological polar surface area (TPSA) is 72.5 Å². The Hall–Kier alpha value is 0.110. The molecule has 0 aliphatic rings. The van der Waals surface area contributed by atoms with E-state index >= 15 is 0 Å². The van der Waals surface area contributed by atoms with Gasteiger partial charge < -0.3 is 15.2 Å². The lowest BCUT2D eigenvalue weighted by molar-refractivity contribution is 0.195. The van der Waals surface area contributed by atoms with Gasteiger partial charge in [-0.3, -0.25) is 4.57 Å². The van der Waals surface area contributed by atoms with Crippen molar-refractivity contribution in [2.24, 2.45) is 17.6 Å². The zero-order valence-electron chi connectivity index (χ0n) is 15.1. The first kappa shape index (κ1) is 22.1. The highest BCUT2D eigenvalue weighted by molar-refractivity contribution is 7.53. The molecule has 0 saturated carbocycles. The third-order valence-electron chi connectivity index (χ3n) is 4.58. The van der Waals surface area contributed by atoms with E-state index in [0.717, 1.165) is 51.4 Å². The molecule has 3 N–H and O–H groups in total. The summed E-state index contributed by atoms with van der Waals surface area (Å²) < 4.78 is 17.7. The van der Waals surface area contributed by atoms with Crippen LogP contribution >= 0.6 is 7.60 Å². The van der Waals surface area contributed by atoms with Crippen LogP contribution < -0.4 is 5.73 Å². The summed E-state index contributed by atoms with van der Waals surface area (Å²) >= 11 is 0. The zero-order chi connectivity index (χ0) is 17.0. The van der Waals surface area contributed by atoms with Crippen molar-refractivity contribution in [3.63, 3.8) is 0 Å². The van der Waals surface area contributed by atoms with E-state index in [1.165, 1.54) is 0 Å². The second-order valence-electron chi connectivity index (χ2n) is 6.50. The van der Waals surface area contributed by atoms with Crippen LogP contribution in [0.3, 0.4) is 0 Å². The van der Waals surface area contributed by atoms with Crippen molar-refractivity contribution in [1.29, 1.82) is 0 Å². The van der Waals surface area contributed by atoms with Crippen LogP contribution in [0.15, 0.2) is 0 Å². The van der Waals surface area contributed by atoms with Crippen molar-refractivity contribution in [2.45, 2.75) is 91.3 Å². The fraction of sp³-hybridized carbons (Fsp3) is 1.00. The Morgan fingerprint density at radius 2 is 1.50 bits per heavy atom. The lowest BCUT2D eigenvalue weighted by Gasteiger charge is -2.25. The van der Waals surface area contributed by atoms with Crippen LogP contribution in [0.1, 0.15) is 85.5 Å². The van der Waals surface area contributed by atoms with Crippen molar-refractivity contribution >= 4 is 7.60 Å². The number of nitrogens with two attached hydrogens (primary N) is 1. The normalized spacial score (nSPS) is 18.6. The first-order chi connectivity index (χ1) is 10.4. The Kier molecular flexibility index (Phi) is 12.6. The molecule has 4 unspecified atom stereocenters. The van der Waals surface area contributed by atoms with Crippen LogP contribution in [-0.4, -0.2) is 17.3 Å². The molecule has 5 heteroatoms. The van der Waals surface area contributed by atoms with Gasteiger partial charge in [-0.2, -0.15) is 0 Å². The minimum atomic E-state index is -3.70. The van der Waals surface area contributed by atoms with E-state index in [0.29, 0.717) is 24.9 Å². The molecule has 0 rings (SSSR count). The van der Waals surface area contributed by atoms with E-state index in [9.17, 15) is 9.46 Å². The molecular weight excluding hydrogens is 297 g/mol. The third kappa shape index (κ3) is 9.29. The van der Waals surface area contributed by atoms with Gasteiger partial charge in [0.1, 0.15) is 5.78 Å². The molecule has 4 atom stereocenters. The molecular formula is C17H38NO3P. The summed E-state index contributed by atoms with van der Waals surface area (Å²) in [5, 5.41) is 0. The average Bonchev–Trinajstić information content (AvgIpc) is 2.51. The Morgan fingerprint density at radius 3 is 1.95 bits per heavy atom. The summed E-state index contributed by atoms with van der Waals surface area (Å²) in [5.74, 6) is 0.0220. The predicted octanol–water partition coefficient (Wildman–Crippen LogP) is 5.30. The molecule has 0 bridgehead atoms. The van der Waals surface area contributed by atoms with E-state index in [-0.39, 0.29) is 0 Å². The van der Waals surface area contributed by atoms with Gasteiger partial charge in [0.15, 0.2) is 0 Å². The maximum atomic E-state index is 12.3. The Bertz CT molecular complexity index is 312. The van der Waals surface area contributed by atoms with E-state index in [4.69, 9.17) is 10.3 Å². The Morgan fingerprint density at radius 1 is 1.00 bits per heavy atom. The lowest BCUT2D eigenvalue weighted by atomic mass is 9.96. The van der Waals surface area contributed by atoms with Crippen LogP contribution in [0, 0.1) is 11.8 Å². The molecule has 0 aromatic rings. The molecule has 134 valence electrons. The van der Waals surface area contributed by atoms with Crippen LogP contribution in [0.5, 0.6) is 0 Å². The first-order valence-electron chi connectivity index (χ1n) is 9.13. The molecule has 0 aliphatic heterocycles. The predicted molar refractivity (Wildman–Crippen MR) is 95.0 cm³/mol. The van der Waals surface area contributed by atoms with Crippen molar-refractivity contribution in [1.82, 2.24) is 0 Å². The van der Waals surface area contributed by atoms with Gasteiger partial charge in [0.25, 0.3) is 0 Å². The SMILES string of the molecule is CCCCC(CC)COP(=O)(O)C(N)CC(CC)CCCC. The molecule has 0 amide bonds. The summed E-state index contributed by atoms with van der Waals surface area (Å²) in [4.78, 5) is 10.1. The first-order valence-corrected chi connectivity index (χ1v) is 10.8. The van der Waals surface area contributed by atoms with Gasteiger partial charge >= 0.3 is 7.60 Å². The number of rotatable bonds is 14. The Balaban J connectivity index is 4.35. The van der Waals surface area contributed by atoms with Gasteiger partial charge in [0.05, 0.1) is 6.61 Å². The minimum absolute atomic E-state index is 0.351. The molecule has 22 heavy (non-hydrogen) atoms. The fourth-order valence-electron chi connectivity index (χ4n) is 2.66. The summed E-state index contributed by atoms with van der Waals surface area (Å²) in [6.07, 6.45) is 9.26. The van der Waals surface area contributed by atoms with Gasteiger partial charge in [-0.15, -0.1) is 0 Å². The zero-order valence-corrected chi connectivity index (χ0v) is 16.0. The molecule has 0 aliphatic carbocycles. The lowest BCUT2D eigenvalue weighted by Crippen LogP contribution is -2.25. The molecule has 0 aromatic heterocycles. The van der Waals surface area contributed by atoms with Gasteiger partial charge in [-0.05, 0) is 24.7 Å². The maximum absolute atomic E-state index is 12.3. The number of hydrogen-bond acceptors (Lipinski definition) is 3. The summed E-state index contributed by atoms with van der Waals surface area (Å²) in [6.45, 7) is 8.89. The molecule has 0 spiro atoms. The summed E-state index contributed by atoms with van der Waals surface area (Å²) in [5.41, 5.74) is 5.99. The minimum Gasteiger partial charge on any atom is -0.323 e. The molecule has 0 aromatic carbocycles. The van der Waals surface area contributed by atoms with E-state index in [1.807, 2.05) is 0 Å². The highest BCUT2D eigenvalue weighted by Crippen LogP contribution is 2.48. The van der Waals surface area contributed by atoms with Crippen LogP contribution in [0.25, 0.3) is 0 Å². The van der Waals surface area contributed by atoms with Crippen LogP contribution in [0.2, 0.25) is 0 Å². The highest BCUT2D eigenvalue weighted by Gasteiger charge is 2.31. The Labute approximate surface area is 137 Å². The van der Waals surface area contributed by atoms with Gasteiger partial charge in [0.2, 0.25) is 0 Å².